The van der Waals surface area contributed by atoms with E-state index >= 15 is 0 Å². The normalized spacial score (nSPS) is 10.4. The molecule has 2 N–H and O–H groups in total. The second kappa shape index (κ2) is 5.81. The molecule has 0 saturated heterocycles. The Balaban J connectivity index is 2.42. The van der Waals surface area contributed by atoms with Crippen molar-refractivity contribution in [1.29, 1.82) is 0 Å². The van der Waals surface area contributed by atoms with Gasteiger partial charge in [-0.3, -0.25) is 0 Å². The molecule has 6 heteroatoms. The quantitative estimate of drug-likeness (QED) is 0.793. The fourth-order valence-corrected chi connectivity index (χ4v) is 2.82. The Morgan fingerprint density at radius 2 is 1.85 bits per heavy atom. The molecule has 0 aliphatic rings. The Hall–Kier alpha value is -1.59. The van der Waals surface area contributed by atoms with Crippen molar-refractivity contribution in [2.24, 2.45) is 0 Å². The molecule has 1 aromatic carbocycles. The third kappa shape index (κ3) is 3.29. The predicted octanol–water partition coefficient (Wildman–Crippen LogP) is 4.56. The number of aromatic carboxylic acids is 1. The van der Waals surface area contributed by atoms with Crippen LogP contribution in [0.25, 0.3) is 0 Å². The van der Waals surface area contributed by atoms with Gasteiger partial charge in [0.1, 0.15) is 11.0 Å². The summed E-state index contributed by atoms with van der Waals surface area (Å²) in [5.74, 6) is -0.634. The molecule has 104 valence electrons. The SMILES string of the molecule is Cc1cc(Br)cc(C)c1Nc1cc(C(=O)O)cc(Cl)n1. The number of nitrogens with one attached hydrogen (secondary N) is 1. The molecule has 0 saturated carbocycles. The summed E-state index contributed by atoms with van der Waals surface area (Å²) in [5.41, 5.74) is 3.03. The highest BCUT2D eigenvalue weighted by molar-refractivity contribution is 9.10. The Kier molecular flexibility index (Phi) is 4.30. The topological polar surface area (TPSA) is 62.2 Å². The number of carboxylic acid groups (broad SMARTS) is 1. The lowest BCUT2D eigenvalue weighted by atomic mass is 10.1. The zero-order chi connectivity index (χ0) is 14.9. The summed E-state index contributed by atoms with van der Waals surface area (Å²) in [4.78, 5) is 15.1. The first-order chi connectivity index (χ1) is 9.36. The van der Waals surface area contributed by atoms with E-state index in [1.165, 1.54) is 12.1 Å². The van der Waals surface area contributed by atoms with Crippen LogP contribution >= 0.6 is 27.5 Å². The molecule has 0 aliphatic carbocycles. The van der Waals surface area contributed by atoms with Gasteiger partial charge in [0.2, 0.25) is 0 Å². The molecule has 0 radical (unpaired) electrons. The molecule has 2 aromatic rings. The number of hydrogen-bond donors (Lipinski definition) is 2. The van der Waals surface area contributed by atoms with E-state index in [-0.39, 0.29) is 10.7 Å². The number of nitrogens with zero attached hydrogens (tertiary/aromatic N) is 1. The smallest absolute Gasteiger partial charge is 0.335 e. The van der Waals surface area contributed by atoms with E-state index in [1.807, 2.05) is 26.0 Å². The van der Waals surface area contributed by atoms with Crippen LogP contribution in [0.3, 0.4) is 0 Å². The summed E-state index contributed by atoms with van der Waals surface area (Å²) in [6.07, 6.45) is 0. The number of pyridine rings is 1. The van der Waals surface area contributed by atoms with Gasteiger partial charge in [0.15, 0.2) is 0 Å². The third-order valence-corrected chi connectivity index (χ3v) is 3.44. The lowest BCUT2D eigenvalue weighted by Gasteiger charge is -2.13. The standard InChI is InChI=1S/C14H12BrClN2O2/c1-7-3-10(15)4-8(2)13(7)18-12-6-9(14(19)20)5-11(16)17-12/h3-6H,1-2H3,(H,17,18)(H,19,20). The van der Waals surface area contributed by atoms with Gasteiger partial charge in [0.05, 0.1) is 5.56 Å². The number of hydrogen-bond acceptors (Lipinski definition) is 3. The van der Waals surface area contributed by atoms with Crippen molar-refractivity contribution in [2.45, 2.75) is 13.8 Å². The number of anilines is 2. The van der Waals surface area contributed by atoms with Crippen molar-refractivity contribution >= 4 is 45.0 Å². The van der Waals surface area contributed by atoms with Gasteiger partial charge in [0, 0.05) is 10.2 Å². The van der Waals surface area contributed by atoms with E-state index < -0.39 is 5.97 Å². The van der Waals surface area contributed by atoms with Crippen LogP contribution in [0.2, 0.25) is 5.15 Å². The molecule has 4 nitrogen and oxygen atoms in total. The van der Waals surface area contributed by atoms with Gasteiger partial charge in [-0.2, -0.15) is 0 Å². The molecule has 2 rings (SSSR count). The minimum atomic E-state index is -1.04. The average molecular weight is 356 g/mol. The van der Waals surface area contributed by atoms with Crippen LogP contribution in [0.15, 0.2) is 28.7 Å². The van der Waals surface area contributed by atoms with E-state index in [2.05, 4.69) is 26.2 Å². The summed E-state index contributed by atoms with van der Waals surface area (Å²) in [7, 11) is 0. The number of carbonyl (C=O) groups is 1. The summed E-state index contributed by atoms with van der Waals surface area (Å²) in [6.45, 7) is 3.92. The molecule has 0 aliphatic heterocycles. The largest absolute Gasteiger partial charge is 0.478 e. The van der Waals surface area contributed by atoms with Crippen LogP contribution in [0.1, 0.15) is 21.5 Å². The van der Waals surface area contributed by atoms with Crippen molar-refractivity contribution in [3.05, 3.63) is 50.6 Å². The molecular formula is C14H12BrClN2O2. The maximum atomic E-state index is 11.0. The number of benzene rings is 1. The van der Waals surface area contributed by atoms with Crippen LogP contribution in [-0.4, -0.2) is 16.1 Å². The maximum absolute atomic E-state index is 11.0. The highest BCUT2D eigenvalue weighted by Crippen LogP contribution is 2.28. The van der Waals surface area contributed by atoms with E-state index in [1.54, 1.807) is 0 Å². The predicted molar refractivity (Wildman–Crippen MR) is 83.1 cm³/mol. The number of carboxylic acids is 1. The first-order valence-corrected chi connectivity index (χ1v) is 6.98. The molecule has 0 unspecified atom stereocenters. The van der Waals surface area contributed by atoms with Crippen LogP contribution in [0.5, 0.6) is 0 Å². The molecule has 1 aromatic heterocycles. The number of halogens is 2. The molecule has 0 amide bonds. The van der Waals surface area contributed by atoms with Crippen molar-refractivity contribution in [1.82, 2.24) is 4.98 Å². The molecule has 1 heterocycles. The van der Waals surface area contributed by atoms with E-state index in [4.69, 9.17) is 16.7 Å². The second-order valence-electron chi connectivity index (χ2n) is 4.41. The van der Waals surface area contributed by atoms with Gasteiger partial charge < -0.3 is 10.4 Å². The van der Waals surface area contributed by atoms with Gasteiger partial charge in [-0.1, -0.05) is 27.5 Å². The van der Waals surface area contributed by atoms with Crippen molar-refractivity contribution in [2.75, 3.05) is 5.32 Å². The summed E-state index contributed by atoms with van der Waals surface area (Å²) in [5, 5.41) is 12.3. The molecular weight excluding hydrogens is 344 g/mol. The van der Waals surface area contributed by atoms with Crippen LogP contribution in [-0.2, 0) is 0 Å². The number of aryl methyl sites for hydroxylation is 2. The van der Waals surface area contributed by atoms with E-state index in [0.717, 1.165) is 21.3 Å². The molecule has 0 bridgehead atoms. The van der Waals surface area contributed by atoms with Gasteiger partial charge >= 0.3 is 5.97 Å². The Morgan fingerprint density at radius 3 is 2.40 bits per heavy atom. The molecule has 0 spiro atoms. The molecule has 0 atom stereocenters. The van der Waals surface area contributed by atoms with Crippen molar-refractivity contribution in [3.63, 3.8) is 0 Å². The van der Waals surface area contributed by atoms with E-state index in [9.17, 15) is 4.79 Å². The lowest BCUT2D eigenvalue weighted by Crippen LogP contribution is -2.02. The van der Waals surface area contributed by atoms with Crippen LogP contribution in [0.4, 0.5) is 11.5 Å². The zero-order valence-electron chi connectivity index (χ0n) is 10.9. The minimum Gasteiger partial charge on any atom is -0.478 e. The highest BCUT2D eigenvalue weighted by Gasteiger charge is 2.10. The van der Waals surface area contributed by atoms with Gasteiger partial charge in [-0.25, -0.2) is 9.78 Å². The summed E-state index contributed by atoms with van der Waals surface area (Å²) in [6, 6.07) is 6.71. The monoisotopic (exact) mass is 354 g/mol. The van der Waals surface area contributed by atoms with Crippen molar-refractivity contribution in [3.8, 4) is 0 Å². The second-order valence-corrected chi connectivity index (χ2v) is 5.71. The van der Waals surface area contributed by atoms with Crippen LogP contribution < -0.4 is 5.32 Å². The van der Waals surface area contributed by atoms with Gasteiger partial charge in [0.25, 0.3) is 0 Å². The number of rotatable bonds is 3. The van der Waals surface area contributed by atoms with Gasteiger partial charge in [-0.15, -0.1) is 0 Å². The van der Waals surface area contributed by atoms with Gasteiger partial charge in [-0.05, 0) is 49.2 Å². The lowest BCUT2D eigenvalue weighted by molar-refractivity contribution is 0.0697. The molecule has 0 fully saturated rings. The first kappa shape index (κ1) is 14.8. The zero-order valence-corrected chi connectivity index (χ0v) is 13.2. The van der Waals surface area contributed by atoms with E-state index in [0.29, 0.717) is 5.82 Å². The molecule has 20 heavy (non-hydrogen) atoms. The Labute approximate surface area is 129 Å². The third-order valence-electron chi connectivity index (χ3n) is 2.79. The average Bonchev–Trinajstić information content (AvgIpc) is 2.33. The summed E-state index contributed by atoms with van der Waals surface area (Å²) >= 11 is 9.28. The Morgan fingerprint density at radius 1 is 1.25 bits per heavy atom. The summed E-state index contributed by atoms with van der Waals surface area (Å²) < 4.78 is 0.989. The Bertz CT molecular complexity index is 666. The van der Waals surface area contributed by atoms with Crippen molar-refractivity contribution < 1.29 is 9.90 Å². The number of aromatic nitrogens is 1. The van der Waals surface area contributed by atoms with Crippen LogP contribution in [0, 0.1) is 13.8 Å². The maximum Gasteiger partial charge on any atom is 0.335 e. The minimum absolute atomic E-state index is 0.0971. The fourth-order valence-electron chi connectivity index (χ4n) is 1.92. The highest BCUT2D eigenvalue weighted by atomic mass is 79.9. The fraction of sp³-hybridized carbons (Fsp3) is 0.143. The first-order valence-electron chi connectivity index (χ1n) is 5.81.